The lowest BCUT2D eigenvalue weighted by atomic mass is 10.3. The number of aromatic nitrogens is 2. The van der Waals surface area contributed by atoms with Gasteiger partial charge < -0.3 is 5.32 Å². The van der Waals surface area contributed by atoms with Crippen LogP contribution in [-0.2, 0) is 0 Å². The molecule has 18 heavy (non-hydrogen) atoms. The van der Waals surface area contributed by atoms with E-state index >= 15 is 0 Å². The fourth-order valence-corrected chi connectivity index (χ4v) is 1.62. The molecule has 0 aliphatic rings. The number of rotatable bonds is 3. The van der Waals surface area contributed by atoms with Crippen molar-refractivity contribution in [2.24, 2.45) is 0 Å². The average Bonchev–Trinajstić information content (AvgIpc) is 2.28. The van der Waals surface area contributed by atoms with E-state index in [0.29, 0.717) is 17.2 Å². The van der Waals surface area contributed by atoms with Gasteiger partial charge in [-0.3, -0.25) is 10.1 Å². The number of nitrogens with zero attached hydrogens (tertiary/aromatic N) is 3. The van der Waals surface area contributed by atoms with Crippen molar-refractivity contribution in [2.45, 2.75) is 13.8 Å². The molecule has 1 radical (unpaired) electrons. The number of nitrogens with one attached hydrogen (secondary N) is 1. The maximum Gasteiger partial charge on any atom is 0.332 e. The Balaban J connectivity index is 2.46. The van der Waals surface area contributed by atoms with Crippen LogP contribution in [0.15, 0.2) is 24.3 Å². The summed E-state index contributed by atoms with van der Waals surface area (Å²) in [6.45, 7) is 3.29. The van der Waals surface area contributed by atoms with Crippen molar-refractivity contribution in [3.05, 3.63) is 52.0 Å². The molecule has 0 amide bonds. The van der Waals surface area contributed by atoms with Gasteiger partial charge in [0, 0.05) is 5.69 Å². The molecule has 0 aliphatic carbocycles. The van der Waals surface area contributed by atoms with Gasteiger partial charge in [-0.05, 0) is 32.0 Å². The van der Waals surface area contributed by atoms with E-state index in [1.807, 2.05) is 0 Å². The van der Waals surface area contributed by atoms with Crippen LogP contribution in [0.2, 0.25) is 0 Å². The van der Waals surface area contributed by atoms with Crippen molar-refractivity contribution in [2.75, 3.05) is 5.32 Å². The quantitative estimate of drug-likeness (QED) is 0.661. The minimum Gasteiger partial charge on any atom is -0.334 e. The maximum atomic E-state index is 11.0. The lowest BCUT2D eigenvalue weighted by Crippen LogP contribution is -2.05. The van der Waals surface area contributed by atoms with Crippen LogP contribution in [0.5, 0.6) is 0 Å². The number of benzene rings is 1. The van der Waals surface area contributed by atoms with E-state index in [1.54, 1.807) is 38.1 Å². The van der Waals surface area contributed by atoms with Crippen molar-refractivity contribution < 1.29 is 4.92 Å². The van der Waals surface area contributed by atoms with Gasteiger partial charge in [0.15, 0.2) is 0 Å². The molecule has 1 aromatic carbocycles. The predicted molar refractivity (Wildman–Crippen MR) is 66.7 cm³/mol. The van der Waals surface area contributed by atoms with Crippen LogP contribution in [0.4, 0.5) is 17.2 Å². The standard InChI is InChI=1S/C12H11N4O2/c1-8-11(16(17)18)12(14-9(2)13-8)15-10-6-4-3-5-7-10/h3-4,6-7H,1-2H3,(H,13,14,15). The Morgan fingerprint density at radius 3 is 2.78 bits per heavy atom. The normalized spacial score (nSPS) is 10.1. The average molecular weight is 243 g/mol. The molecule has 0 saturated heterocycles. The number of hydrogen-bond donors (Lipinski definition) is 1. The second kappa shape index (κ2) is 4.79. The van der Waals surface area contributed by atoms with Crippen LogP contribution < -0.4 is 5.32 Å². The summed E-state index contributed by atoms with van der Waals surface area (Å²) in [5.74, 6) is 0.685. The fraction of sp³-hybridized carbons (Fsp3) is 0.167. The molecule has 0 spiro atoms. The first-order valence-corrected chi connectivity index (χ1v) is 5.30. The van der Waals surface area contributed by atoms with Crippen molar-refractivity contribution in [3.8, 4) is 0 Å². The van der Waals surface area contributed by atoms with Gasteiger partial charge in [-0.2, -0.15) is 0 Å². The smallest absolute Gasteiger partial charge is 0.332 e. The van der Waals surface area contributed by atoms with Gasteiger partial charge in [-0.15, -0.1) is 0 Å². The van der Waals surface area contributed by atoms with E-state index in [1.165, 1.54) is 0 Å². The third kappa shape index (κ3) is 2.42. The summed E-state index contributed by atoms with van der Waals surface area (Å²) in [6, 6.07) is 9.89. The van der Waals surface area contributed by atoms with Crippen LogP contribution in [0.25, 0.3) is 0 Å². The molecule has 0 aliphatic heterocycles. The zero-order chi connectivity index (χ0) is 13.1. The predicted octanol–water partition coefficient (Wildman–Crippen LogP) is 2.55. The second-order valence-electron chi connectivity index (χ2n) is 3.73. The molecule has 91 valence electrons. The van der Waals surface area contributed by atoms with Gasteiger partial charge in [0.1, 0.15) is 11.5 Å². The SMILES string of the molecule is Cc1nc(C)c([N+](=O)[O-])c(Nc2c[c]ccc2)n1. The second-order valence-corrected chi connectivity index (χ2v) is 3.73. The summed E-state index contributed by atoms with van der Waals surface area (Å²) in [5.41, 5.74) is 0.928. The Hall–Kier alpha value is -2.50. The summed E-state index contributed by atoms with van der Waals surface area (Å²) in [6.07, 6.45) is 0. The molecule has 1 heterocycles. The van der Waals surface area contributed by atoms with E-state index in [9.17, 15) is 10.1 Å². The summed E-state index contributed by atoms with van der Waals surface area (Å²) in [7, 11) is 0. The molecule has 6 heteroatoms. The van der Waals surface area contributed by atoms with Crippen LogP contribution >= 0.6 is 0 Å². The minimum atomic E-state index is -0.482. The molecule has 0 fully saturated rings. The summed E-state index contributed by atoms with van der Waals surface area (Å²) < 4.78 is 0. The summed E-state index contributed by atoms with van der Waals surface area (Å²) in [4.78, 5) is 18.6. The Labute approximate surface area is 104 Å². The zero-order valence-electron chi connectivity index (χ0n) is 9.97. The highest BCUT2D eigenvalue weighted by atomic mass is 16.6. The van der Waals surface area contributed by atoms with Crippen molar-refractivity contribution in [3.63, 3.8) is 0 Å². The number of nitro groups is 1. The topological polar surface area (TPSA) is 81.0 Å². The molecule has 2 aromatic rings. The van der Waals surface area contributed by atoms with Gasteiger partial charge >= 0.3 is 5.69 Å². The largest absolute Gasteiger partial charge is 0.334 e. The van der Waals surface area contributed by atoms with Crippen LogP contribution in [0.1, 0.15) is 11.5 Å². The van der Waals surface area contributed by atoms with E-state index in [4.69, 9.17) is 0 Å². The first-order chi connectivity index (χ1) is 8.58. The lowest BCUT2D eigenvalue weighted by Gasteiger charge is -2.07. The molecule has 0 atom stereocenters. The van der Waals surface area contributed by atoms with Gasteiger partial charge in [0.25, 0.3) is 0 Å². The Kier molecular flexibility index (Phi) is 3.18. The molecule has 1 aromatic heterocycles. The lowest BCUT2D eigenvalue weighted by molar-refractivity contribution is -0.385. The minimum absolute atomic E-state index is 0.107. The maximum absolute atomic E-state index is 11.0. The van der Waals surface area contributed by atoms with Crippen LogP contribution in [0.3, 0.4) is 0 Å². The monoisotopic (exact) mass is 243 g/mol. The zero-order valence-corrected chi connectivity index (χ0v) is 9.97. The van der Waals surface area contributed by atoms with Crippen molar-refractivity contribution in [1.82, 2.24) is 9.97 Å². The molecule has 0 saturated carbocycles. The fourth-order valence-electron chi connectivity index (χ4n) is 1.62. The first kappa shape index (κ1) is 12.0. The van der Waals surface area contributed by atoms with E-state index < -0.39 is 4.92 Å². The molecule has 6 nitrogen and oxygen atoms in total. The van der Waals surface area contributed by atoms with Gasteiger partial charge in [-0.25, -0.2) is 9.97 Å². The summed E-state index contributed by atoms with van der Waals surface area (Å²) in [5, 5.41) is 13.9. The molecular weight excluding hydrogens is 232 g/mol. The van der Waals surface area contributed by atoms with E-state index in [0.717, 1.165) is 0 Å². The highest BCUT2D eigenvalue weighted by Crippen LogP contribution is 2.27. The van der Waals surface area contributed by atoms with Crippen LogP contribution in [0, 0.1) is 30.0 Å². The molecule has 0 bridgehead atoms. The number of hydrogen-bond acceptors (Lipinski definition) is 5. The van der Waals surface area contributed by atoms with E-state index in [-0.39, 0.29) is 11.5 Å². The highest BCUT2D eigenvalue weighted by molar-refractivity contribution is 5.66. The van der Waals surface area contributed by atoms with Gasteiger partial charge in [0.05, 0.1) is 4.92 Å². The van der Waals surface area contributed by atoms with Gasteiger partial charge in [-0.1, -0.05) is 12.1 Å². The molecule has 1 N–H and O–H groups in total. The number of aryl methyl sites for hydroxylation is 2. The van der Waals surface area contributed by atoms with E-state index in [2.05, 4.69) is 21.4 Å². The highest BCUT2D eigenvalue weighted by Gasteiger charge is 2.21. The first-order valence-electron chi connectivity index (χ1n) is 5.30. The van der Waals surface area contributed by atoms with Crippen LogP contribution in [-0.4, -0.2) is 14.9 Å². The number of anilines is 2. The third-order valence-electron chi connectivity index (χ3n) is 2.32. The van der Waals surface area contributed by atoms with Crippen molar-refractivity contribution in [1.29, 1.82) is 0 Å². The van der Waals surface area contributed by atoms with Gasteiger partial charge in [0.2, 0.25) is 5.82 Å². The third-order valence-corrected chi connectivity index (χ3v) is 2.32. The molecule has 0 unspecified atom stereocenters. The Morgan fingerprint density at radius 2 is 2.17 bits per heavy atom. The Bertz CT molecular complexity index is 584. The Morgan fingerprint density at radius 1 is 1.39 bits per heavy atom. The summed E-state index contributed by atoms with van der Waals surface area (Å²) >= 11 is 0. The van der Waals surface area contributed by atoms with Crippen molar-refractivity contribution >= 4 is 17.2 Å². The molecular formula is C12H11N4O2. The molecule has 2 rings (SSSR count).